The molecule has 0 spiro atoms. The van der Waals surface area contributed by atoms with Gasteiger partial charge < -0.3 is 8.92 Å². The number of aromatic nitrogens is 3. The largest absolute Gasteiger partial charge is 0.534 e. The lowest BCUT2D eigenvalue weighted by molar-refractivity contribution is -0.0500. The van der Waals surface area contributed by atoms with E-state index in [0.29, 0.717) is 19.2 Å². The second-order valence-electron chi connectivity index (χ2n) is 9.91. The van der Waals surface area contributed by atoms with Crippen LogP contribution in [0.4, 0.5) is 22.0 Å². The SMILES string of the molecule is C=CCN1CC[C@H](n2cc(-c3nc(OS(=O)(=O)C(F)(F)F)c4ccsc4c3-c3c(F)cc(F)cc3OC(C)C)cn2)C1. The quantitative estimate of drug-likeness (QED) is 0.0899. The van der Waals surface area contributed by atoms with Crippen molar-refractivity contribution in [3.63, 3.8) is 0 Å². The first-order valence-corrected chi connectivity index (χ1v) is 15.0. The van der Waals surface area contributed by atoms with Crippen LogP contribution in [0.1, 0.15) is 26.3 Å². The summed E-state index contributed by atoms with van der Waals surface area (Å²) in [6, 6.07) is 2.91. The fourth-order valence-corrected chi connectivity index (χ4v) is 6.20. The molecule has 0 amide bonds. The zero-order chi connectivity index (χ0) is 30.4. The number of rotatable bonds is 9. The third kappa shape index (κ3) is 5.72. The van der Waals surface area contributed by atoms with Crippen molar-refractivity contribution in [2.45, 2.75) is 37.9 Å². The Morgan fingerprint density at radius 3 is 2.69 bits per heavy atom. The fraction of sp³-hybridized carbons (Fsp3) is 0.333. The molecule has 1 aliphatic rings. The van der Waals surface area contributed by atoms with Crippen molar-refractivity contribution in [3.05, 3.63) is 60.3 Å². The molecule has 8 nitrogen and oxygen atoms in total. The van der Waals surface area contributed by atoms with Crippen LogP contribution >= 0.6 is 11.3 Å². The van der Waals surface area contributed by atoms with Gasteiger partial charge in [-0.05, 0) is 31.7 Å². The molecule has 3 aromatic heterocycles. The third-order valence-corrected chi connectivity index (χ3v) is 8.44. The van der Waals surface area contributed by atoms with Crippen molar-refractivity contribution in [2.24, 2.45) is 0 Å². The molecule has 0 saturated carbocycles. The lowest BCUT2D eigenvalue weighted by Gasteiger charge is -2.19. The number of fused-ring (bicyclic) bond motifs is 1. The monoisotopic (exact) mass is 628 g/mol. The van der Waals surface area contributed by atoms with Crippen LogP contribution in [0.25, 0.3) is 32.5 Å². The van der Waals surface area contributed by atoms with Crippen LogP contribution in [0.5, 0.6) is 11.6 Å². The molecule has 224 valence electrons. The summed E-state index contributed by atoms with van der Waals surface area (Å²) in [5.74, 6) is -2.93. The highest BCUT2D eigenvalue weighted by atomic mass is 32.2. The normalized spacial score (nSPS) is 16.4. The zero-order valence-corrected chi connectivity index (χ0v) is 24.0. The van der Waals surface area contributed by atoms with E-state index in [1.54, 1.807) is 30.8 Å². The molecule has 0 radical (unpaired) electrons. The first-order valence-electron chi connectivity index (χ1n) is 12.7. The van der Waals surface area contributed by atoms with Crippen LogP contribution < -0.4 is 8.92 Å². The van der Waals surface area contributed by atoms with E-state index in [0.717, 1.165) is 30.4 Å². The zero-order valence-electron chi connectivity index (χ0n) is 22.4. The number of hydrogen-bond donors (Lipinski definition) is 0. The Labute approximate surface area is 242 Å². The molecule has 15 heteroatoms. The number of likely N-dealkylation sites (tertiary alicyclic amines) is 1. The molecular weight excluding hydrogens is 603 g/mol. The Kier molecular flexibility index (Phi) is 8.02. The minimum Gasteiger partial charge on any atom is -0.490 e. The second-order valence-corrected chi connectivity index (χ2v) is 12.4. The summed E-state index contributed by atoms with van der Waals surface area (Å²) in [4.78, 5) is 6.36. The Balaban J connectivity index is 1.75. The number of alkyl halides is 3. The number of halogens is 5. The number of benzene rings is 1. The van der Waals surface area contributed by atoms with Gasteiger partial charge in [0.2, 0.25) is 5.88 Å². The Bertz CT molecular complexity index is 1750. The van der Waals surface area contributed by atoms with Crippen molar-refractivity contribution in [3.8, 4) is 34.0 Å². The molecule has 0 N–H and O–H groups in total. The number of pyridine rings is 1. The van der Waals surface area contributed by atoms with E-state index in [2.05, 4.69) is 25.7 Å². The summed E-state index contributed by atoms with van der Waals surface area (Å²) in [6.07, 6.45) is 5.04. The van der Waals surface area contributed by atoms with Gasteiger partial charge in [0, 0.05) is 53.8 Å². The van der Waals surface area contributed by atoms with Crippen molar-refractivity contribution in [1.82, 2.24) is 19.7 Å². The van der Waals surface area contributed by atoms with Gasteiger partial charge in [0.25, 0.3) is 0 Å². The van der Waals surface area contributed by atoms with Gasteiger partial charge in [-0.1, -0.05) is 6.08 Å². The summed E-state index contributed by atoms with van der Waals surface area (Å²) in [5.41, 5.74) is -5.73. The van der Waals surface area contributed by atoms with Gasteiger partial charge in [0.1, 0.15) is 17.4 Å². The number of thiophene rings is 1. The highest BCUT2D eigenvalue weighted by Gasteiger charge is 2.49. The summed E-state index contributed by atoms with van der Waals surface area (Å²) in [6.45, 7) is 9.20. The molecule has 0 unspecified atom stereocenters. The molecule has 4 heterocycles. The lowest BCUT2D eigenvalue weighted by Crippen LogP contribution is -2.28. The molecular formula is C27H25F5N4O4S2. The maximum atomic E-state index is 15.6. The van der Waals surface area contributed by atoms with Gasteiger partial charge >= 0.3 is 15.6 Å². The maximum absolute atomic E-state index is 15.6. The summed E-state index contributed by atoms with van der Waals surface area (Å²) >= 11 is 0.988. The summed E-state index contributed by atoms with van der Waals surface area (Å²) < 4.78 is 106. The minimum atomic E-state index is -6.09. The molecule has 1 atom stereocenters. The second kappa shape index (κ2) is 11.3. The van der Waals surface area contributed by atoms with E-state index in [9.17, 15) is 26.0 Å². The molecule has 42 heavy (non-hydrogen) atoms. The molecule has 4 aromatic rings. The van der Waals surface area contributed by atoms with Gasteiger partial charge in [0.15, 0.2) is 0 Å². The molecule has 1 saturated heterocycles. The van der Waals surface area contributed by atoms with Gasteiger partial charge in [-0.3, -0.25) is 9.58 Å². The van der Waals surface area contributed by atoms with Crippen molar-refractivity contribution < 1.29 is 39.3 Å². The molecule has 1 fully saturated rings. The van der Waals surface area contributed by atoms with E-state index < -0.39 is 39.2 Å². The van der Waals surface area contributed by atoms with Crippen LogP contribution in [0.2, 0.25) is 0 Å². The minimum absolute atomic E-state index is 0.0451. The smallest absolute Gasteiger partial charge is 0.490 e. The topological polar surface area (TPSA) is 86.6 Å². The first-order chi connectivity index (χ1) is 19.8. The van der Waals surface area contributed by atoms with Crippen LogP contribution in [0.15, 0.2) is 48.6 Å². The predicted molar refractivity (Wildman–Crippen MR) is 148 cm³/mol. The molecule has 5 rings (SSSR count). The molecule has 0 aliphatic carbocycles. The highest BCUT2D eigenvalue weighted by Crippen LogP contribution is 2.47. The van der Waals surface area contributed by atoms with E-state index >= 15 is 4.39 Å². The first kappa shape index (κ1) is 29.9. The predicted octanol–water partition coefficient (Wildman–Crippen LogP) is 6.55. The van der Waals surface area contributed by atoms with Crippen molar-refractivity contribution >= 4 is 31.5 Å². The Morgan fingerprint density at radius 2 is 2.00 bits per heavy atom. The molecule has 0 bridgehead atoms. The van der Waals surface area contributed by atoms with Gasteiger partial charge in [-0.2, -0.15) is 26.7 Å². The average Bonchev–Trinajstić information content (AvgIpc) is 3.64. The van der Waals surface area contributed by atoms with Crippen LogP contribution in [0.3, 0.4) is 0 Å². The van der Waals surface area contributed by atoms with Gasteiger partial charge in [-0.25, -0.2) is 13.8 Å². The lowest BCUT2D eigenvalue weighted by atomic mass is 9.98. The van der Waals surface area contributed by atoms with Crippen LogP contribution in [0, 0.1) is 11.6 Å². The number of ether oxygens (including phenoxy) is 1. The van der Waals surface area contributed by atoms with Crippen molar-refractivity contribution in [1.29, 1.82) is 0 Å². The highest BCUT2D eigenvalue weighted by molar-refractivity contribution is 7.88. The summed E-state index contributed by atoms with van der Waals surface area (Å²) in [5, 5.41) is 5.77. The fourth-order valence-electron chi connectivity index (χ4n) is 4.83. The van der Waals surface area contributed by atoms with Crippen molar-refractivity contribution in [2.75, 3.05) is 19.6 Å². The van der Waals surface area contributed by atoms with Crippen LogP contribution in [-0.4, -0.2) is 59.3 Å². The molecule has 1 aliphatic heterocycles. The Morgan fingerprint density at radius 1 is 1.24 bits per heavy atom. The maximum Gasteiger partial charge on any atom is 0.534 e. The van der Waals surface area contributed by atoms with Gasteiger partial charge in [0.05, 0.1) is 35.0 Å². The van der Waals surface area contributed by atoms with Gasteiger partial charge in [-0.15, -0.1) is 17.9 Å². The number of nitrogens with zero attached hydrogens (tertiary/aromatic N) is 4. The standard InChI is InChI=1S/C27H25F5N4O4S2/c1-4-7-35-8-5-18(14-35)36-13-16(12-33-36)24-23(22-20(29)10-17(28)11-21(22)39-15(2)3)25-19(6-9-41-25)26(34-24)40-42(37,38)27(30,31)32/h4,6,9-13,15,18H,1,5,7-8,14H2,2-3H3/t18-/m0/s1. The average molecular weight is 629 g/mol. The van der Waals surface area contributed by atoms with E-state index in [1.807, 2.05) is 0 Å². The Hall–Kier alpha value is -3.56. The van der Waals surface area contributed by atoms with E-state index in [-0.39, 0.29) is 44.3 Å². The van der Waals surface area contributed by atoms with E-state index in [4.69, 9.17) is 4.74 Å². The summed E-state index contributed by atoms with van der Waals surface area (Å²) in [7, 11) is -6.09. The third-order valence-electron chi connectivity index (χ3n) is 6.56. The van der Waals surface area contributed by atoms with Crippen LogP contribution in [-0.2, 0) is 10.1 Å². The molecule has 1 aromatic carbocycles. The van der Waals surface area contributed by atoms with E-state index in [1.165, 1.54) is 17.6 Å². The number of hydrogen-bond acceptors (Lipinski definition) is 8.